The smallest absolute Gasteiger partial charge is 0.257 e. The topological polar surface area (TPSA) is 80.3 Å². The number of rotatable bonds is 6. The Hall–Kier alpha value is -3.08. The van der Waals surface area contributed by atoms with Crippen molar-refractivity contribution in [3.05, 3.63) is 59.2 Å². The molecule has 1 aliphatic heterocycles. The van der Waals surface area contributed by atoms with Crippen molar-refractivity contribution in [1.29, 1.82) is 0 Å². The molecule has 1 N–H and O–H groups in total. The van der Waals surface area contributed by atoms with Crippen molar-refractivity contribution < 1.29 is 32.6 Å². The quantitative estimate of drug-likeness (QED) is 0.629. The minimum absolute atomic E-state index is 0.0436. The van der Waals surface area contributed by atoms with E-state index in [1.54, 1.807) is 37.3 Å². The van der Waals surface area contributed by atoms with Crippen LogP contribution in [0.15, 0.2) is 36.4 Å². The number of methoxy groups -OCH3 is 2. The third-order valence-corrected chi connectivity index (χ3v) is 6.51. The van der Waals surface area contributed by atoms with E-state index in [-0.39, 0.29) is 60.8 Å². The van der Waals surface area contributed by atoms with Crippen LogP contribution in [0.4, 0.5) is 14.5 Å². The van der Waals surface area contributed by atoms with Crippen LogP contribution in [0, 0.1) is 17.6 Å². The number of hydrogen-bond donors (Lipinski definition) is 1. The number of carbonyl (C=O) groups excluding carboxylic acids is 2. The number of nitrogens with zero attached hydrogens (tertiary/aromatic N) is 2. The van der Waals surface area contributed by atoms with Crippen LogP contribution in [0.2, 0.25) is 0 Å². The molecule has 2 aromatic rings. The van der Waals surface area contributed by atoms with Gasteiger partial charge in [0.15, 0.2) is 0 Å². The minimum atomic E-state index is -0.500. The Morgan fingerprint density at radius 1 is 1.14 bits per heavy atom. The van der Waals surface area contributed by atoms with Gasteiger partial charge in [-0.05, 0) is 49.2 Å². The fraction of sp³-hybridized carbons (Fsp3) is 0.481. The summed E-state index contributed by atoms with van der Waals surface area (Å²) in [6.07, 6.45) is -0.311. The lowest BCUT2D eigenvalue weighted by molar-refractivity contribution is -0.119. The van der Waals surface area contributed by atoms with Crippen LogP contribution in [0.5, 0.6) is 5.75 Å². The molecule has 0 radical (unpaired) electrons. The summed E-state index contributed by atoms with van der Waals surface area (Å²) in [7, 11) is 4.69. The molecular weight excluding hydrogens is 484 g/mol. The average molecular weight is 520 g/mol. The van der Waals surface area contributed by atoms with Gasteiger partial charge < -0.3 is 24.4 Å². The van der Waals surface area contributed by atoms with Gasteiger partial charge in [-0.3, -0.25) is 14.5 Å². The number of nitrogens with one attached hydrogen (secondary N) is 1. The van der Waals surface area contributed by atoms with E-state index in [1.165, 1.54) is 13.2 Å². The van der Waals surface area contributed by atoms with Gasteiger partial charge in [0.25, 0.3) is 5.91 Å². The highest BCUT2D eigenvalue weighted by Gasteiger charge is 2.29. The summed E-state index contributed by atoms with van der Waals surface area (Å²) in [5.41, 5.74) is 0.978. The highest BCUT2D eigenvalue weighted by atomic mass is 19.1. The van der Waals surface area contributed by atoms with Crippen molar-refractivity contribution in [1.82, 2.24) is 9.80 Å². The van der Waals surface area contributed by atoms with Gasteiger partial charge in [-0.2, -0.15) is 0 Å². The van der Waals surface area contributed by atoms with E-state index in [0.29, 0.717) is 24.5 Å². The lowest BCUT2D eigenvalue weighted by Crippen LogP contribution is -2.46. The number of fused-ring (bicyclic) bond motifs is 1. The van der Waals surface area contributed by atoms with Crippen LogP contribution in [0.1, 0.15) is 29.8 Å². The van der Waals surface area contributed by atoms with E-state index >= 15 is 0 Å². The Bertz CT molecular complexity index is 1100. The maximum absolute atomic E-state index is 14.5. The number of likely N-dealkylation sites (N-methyl/N-ethyl adjacent to an activating group) is 1. The molecule has 10 heteroatoms. The molecule has 0 unspecified atom stereocenters. The summed E-state index contributed by atoms with van der Waals surface area (Å²) in [5.74, 6) is -1.29. The van der Waals surface area contributed by atoms with Gasteiger partial charge in [0.05, 0.1) is 11.7 Å². The normalized spacial score (nSPS) is 21.4. The van der Waals surface area contributed by atoms with Gasteiger partial charge in [0.2, 0.25) is 5.91 Å². The van der Waals surface area contributed by atoms with Gasteiger partial charge in [-0.1, -0.05) is 6.92 Å². The number of anilines is 1. The summed E-state index contributed by atoms with van der Waals surface area (Å²) in [6.45, 7) is 5.00. The third-order valence-electron chi connectivity index (χ3n) is 6.51. The standard InChI is InChI=1S/C27H35F2N3O5/c1-17-12-32(13-19-10-20(28)6-8-23(19)29)18(2)15-37-24-9-7-21(30-26(33)16-35-4)11-22(24)27(34)31(3)14-25(17)36-5/h6-11,17-18,25H,12-16H2,1-5H3,(H,30,33)/t17-,18-,25-/m1/s1. The Labute approximate surface area is 216 Å². The molecule has 0 aliphatic carbocycles. The van der Waals surface area contributed by atoms with Crippen LogP contribution in [-0.4, -0.2) is 81.3 Å². The van der Waals surface area contributed by atoms with Crippen molar-refractivity contribution in [3.63, 3.8) is 0 Å². The van der Waals surface area contributed by atoms with Crippen LogP contribution >= 0.6 is 0 Å². The van der Waals surface area contributed by atoms with Crippen molar-refractivity contribution in [2.45, 2.75) is 32.5 Å². The minimum Gasteiger partial charge on any atom is -0.491 e. The zero-order valence-electron chi connectivity index (χ0n) is 21.9. The van der Waals surface area contributed by atoms with Gasteiger partial charge in [0.1, 0.15) is 30.6 Å². The molecular formula is C27H35F2N3O5. The fourth-order valence-electron chi connectivity index (χ4n) is 4.36. The summed E-state index contributed by atoms with van der Waals surface area (Å²) < 4.78 is 45.0. The first-order valence-electron chi connectivity index (χ1n) is 12.1. The second-order valence-corrected chi connectivity index (χ2v) is 9.45. The maximum atomic E-state index is 14.5. The zero-order chi connectivity index (χ0) is 27.1. The van der Waals surface area contributed by atoms with E-state index in [0.717, 1.165) is 12.1 Å². The van der Waals surface area contributed by atoms with Gasteiger partial charge >= 0.3 is 0 Å². The fourth-order valence-corrected chi connectivity index (χ4v) is 4.36. The Morgan fingerprint density at radius 2 is 1.89 bits per heavy atom. The average Bonchev–Trinajstić information content (AvgIpc) is 2.86. The molecule has 1 aliphatic rings. The van der Waals surface area contributed by atoms with Crippen LogP contribution in [0.3, 0.4) is 0 Å². The SMILES string of the molecule is COCC(=O)Nc1ccc2c(c1)C(=O)N(C)C[C@@H](OC)[C@H](C)CN(Cc1cc(F)ccc1F)[C@H](C)CO2. The molecule has 0 saturated carbocycles. The number of carbonyl (C=O) groups is 2. The number of amides is 2. The predicted octanol–water partition coefficient (Wildman–Crippen LogP) is 3.56. The molecule has 3 atom stereocenters. The van der Waals surface area contributed by atoms with E-state index in [4.69, 9.17) is 14.2 Å². The summed E-state index contributed by atoms with van der Waals surface area (Å²) in [5, 5.41) is 2.71. The molecule has 0 bridgehead atoms. The van der Waals surface area contributed by atoms with E-state index in [1.807, 2.05) is 18.7 Å². The lowest BCUT2D eigenvalue weighted by atomic mass is 10.0. The largest absolute Gasteiger partial charge is 0.491 e. The molecule has 8 nitrogen and oxygen atoms in total. The first-order chi connectivity index (χ1) is 17.6. The van der Waals surface area contributed by atoms with Gasteiger partial charge in [-0.15, -0.1) is 0 Å². The number of benzene rings is 2. The molecule has 0 spiro atoms. The predicted molar refractivity (Wildman–Crippen MR) is 136 cm³/mol. The Morgan fingerprint density at radius 3 is 2.59 bits per heavy atom. The molecule has 0 fully saturated rings. The molecule has 2 amide bonds. The number of hydrogen-bond acceptors (Lipinski definition) is 6. The molecule has 0 aromatic heterocycles. The highest BCUT2D eigenvalue weighted by Crippen LogP contribution is 2.27. The molecule has 1 heterocycles. The number of halogens is 2. The van der Waals surface area contributed by atoms with Crippen molar-refractivity contribution in [2.24, 2.45) is 5.92 Å². The van der Waals surface area contributed by atoms with Crippen LogP contribution < -0.4 is 10.1 Å². The highest BCUT2D eigenvalue weighted by molar-refractivity contribution is 5.99. The summed E-state index contributed by atoms with van der Waals surface area (Å²) in [4.78, 5) is 29.0. The molecule has 0 saturated heterocycles. The molecule has 2 aromatic carbocycles. The summed E-state index contributed by atoms with van der Waals surface area (Å²) >= 11 is 0. The Kier molecular flexibility index (Phi) is 9.96. The molecule has 202 valence electrons. The summed E-state index contributed by atoms with van der Waals surface area (Å²) in [6, 6.07) is 8.08. The molecule has 3 rings (SSSR count). The van der Waals surface area contributed by atoms with Gasteiger partial charge in [-0.25, -0.2) is 8.78 Å². The third kappa shape index (κ3) is 7.47. The Balaban J connectivity index is 1.94. The van der Waals surface area contributed by atoms with E-state index in [2.05, 4.69) is 5.32 Å². The van der Waals surface area contributed by atoms with E-state index in [9.17, 15) is 18.4 Å². The van der Waals surface area contributed by atoms with E-state index < -0.39 is 11.6 Å². The number of ether oxygens (including phenoxy) is 3. The second-order valence-electron chi connectivity index (χ2n) is 9.45. The first kappa shape index (κ1) is 28.5. The van der Waals surface area contributed by atoms with Crippen molar-refractivity contribution in [2.75, 3.05) is 52.9 Å². The second kappa shape index (κ2) is 12.9. The van der Waals surface area contributed by atoms with Crippen molar-refractivity contribution in [3.8, 4) is 5.75 Å². The van der Waals surface area contributed by atoms with Crippen LogP contribution in [-0.2, 0) is 20.8 Å². The van der Waals surface area contributed by atoms with Gasteiger partial charge in [0, 0.05) is 58.2 Å². The lowest BCUT2D eigenvalue weighted by Gasteiger charge is -2.36. The zero-order valence-corrected chi connectivity index (χ0v) is 21.9. The van der Waals surface area contributed by atoms with Crippen molar-refractivity contribution >= 4 is 17.5 Å². The molecule has 37 heavy (non-hydrogen) atoms. The first-order valence-corrected chi connectivity index (χ1v) is 12.1. The maximum Gasteiger partial charge on any atom is 0.257 e. The monoisotopic (exact) mass is 519 g/mol. The van der Waals surface area contributed by atoms with Crippen LogP contribution in [0.25, 0.3) is 0 Å².